The van der Waals surface area contributed by atoms with E-state index in [0.29, 0.717) is 5.69 Å². The number of aromatic nitrogens is 1. The third kappa shape index (κ3) is 3.92. The number of amides is 1. The number of alkyl halides is 3. The van der Waals surface area contributed by atoms with Gasteiger partial charge in [-0.05, 0) is 30.3 Å². The maximum Gasteiger partial charge on any atom is 0.416 e. The minimum absolute atomic E-state index is 0.0246. The lowest BCUT2D eigenvalue weighted by molar-refractivity contribution is -0.137. The van der Waals surface area contributed by atoms with Crippen LogP contribution in [-0.4, -0.2) is 25.0 Å². The molecule has 23 heavy (non-hydrogen) atoms. The Labute approximate surface area is 135 Å². The molecule has 0 aliphatic rings. The van der Waals surface area contributed by atoms with E-state index in [9.17, 15) is 18.0 Å². The third-order valence-corrected chi connectivity index (χ3v) is 3.36. The molecule has 122 valence electrons. The van der Waals surface area contributed by atoms with Crippen LogP contribution in [0.4, 0.5) is 24.5 Å². The van der Waals surface area contributed by atoms with Crippen molar-refractivity contribution in [1.82, 2.24) is 4.98 Å². The van der Waals surface area contributed by atoms with E-state index in [1.165, 1.54) is 24.4 Å². The Bertz CT molecular complexity index is 732. The van der Waals surface area contributed by atoms with Gasteiger partial charge in [0.25, 0.3) is 5.91 Å². The fourth-order valence-corrected chi connectivity index (χ4v) is 2.15. The van der Waals surface area contributed by atoms with E-state index in [0.717, 1.165) is 12.1 Å². The quantitative estimate of drug-likeness (QED) is 0.854. The fourth-order valence-electron chi connectivity index (χ4n) is 1.95. The molecule has 0 saturated carbocycles. The lowest BCUT2D eigenvalue weighted by Gasteiger charge is -2.20. The molecule has 0 saturated heterocycles. The normalized spacial score (nSPS) is 11.2. The number of hydrogen-bond donors (Lipinski definition) is 1. The average molecular weight is 344 g/mol. The topological polar surface area (TPSA) is 45.2 Å². The van der Waals surface area contributed by atoms with Gasteiger partial charge in [0.05, 0.1) is 22.5 Å². The molecule has 1 heterocycles. The minimum atomic E-state index is -4.50. The van der Waals surface area contributed by atoms with Crippen molar-refractivity contribution in [1.29, 1.82) is 0 Å². The molecule has 2 rings (SSSR count). The molecule has 1 aromatic carbocycles. The van der Waals surface area contributed by atoms with E-state index in [2.05, 4.69) is 10.3 Å². The minimum Gasteiger partial charge on any atom is -0.376 e. The van der Waals surface area contributed by atoms with Crippen molar-refractivity contribution in [3.05, 3.63) is 52.8 Å². The predicted octanol–water partition coefficient (Wildman–Crippen LogP) is 4.07. The Balaban J connectivity index is 2.41. The lowest BCUT2D eigenvalue weighted by atomic mass is 10.1. The number of carbonyl (C=O) groups excluding carboxylic acids is 1. The van der Waals surface area contributed by atoms with Gasteiger partial charge in [0.15, 0.2) is 0 Å². The van der Waals surface area contributed by atoms with Gasteiger partial charge in [0.2, 0.25) is 0 Å². The number of anilines is 2. The zero-order valence-electron chi connectivity index (χ0n) is 12.3. The van der Waals surface area contributed by atoms with E-state index in [-0.39, 0.29) is 16.4 Å². The molecular formula is C15H13ClF3N3O. The summed E-state index contributed by atoms with van der Waals surface area (Å²) in [6.45, 7) is 0. The van der Waals surface area contributed by atoms with Gasteiger partial charge in [-0.2, -0.15) is 13.2 Å². The van der Waals surface area contributed by atoms with Gasteiger partial charge in [0.1, 0.15) is 5.15 Å². The molecule has 4 nitrogen and oxygen atoms in total. The van der Waals surface area contributed by atoms with Crippen LogP contribution in [0.15, 0.2) is 36.5 Å². The van der Waals surface area contributed by atoms with Crippen molar-refractivity contribution in [3.8, 4) is 0 Å². The first-order valence-corrected chi connectivity index (χ1v) is 6.88. The predicted molar refractivity (Wildman–Crippen MR) is 83.0 cm³/mol. The second-order valence-corrected chi connectivity index (χ2v) is 5.28. The summed E-state index contributed by atoms with van der Waals surface area (Å²) in [4.78, 5) is 17.6. The SMILES string of the molecule is CN(C)c1ccc(C(F)(F)F)cc1NC(=O)c1cccnc1Cl. The molecule has 2 aromatic rings. The van der Waals surface area contributed by atoms with Gasteiger partial charge >= 0.3 is 6.18 Å². The maximum absolute atomic E-state index is 12.9. The molecule has 0 unspecified atom stereocenters. The highest BCUT2D eigenvalue weighted by Gasteiger charge is 2.31. The molecule has 0 aliphatic carbocycles. The van der Waals surface area contributed by atoms with Crippen molar-refractivity contribution in [2.75, 3.05) is 24.3 Å². The Kier molecular flexibility index (Phi) is 4.79. The van der Waals surface area contributed by atoms with Gasteiger partial charge < -0.3 is 10.2 Å². The van der Waals surface area contributed by atoms with Crippen molar-refractivity contribution in [2.45, 2.75) is 6.18 Å². The first kappa shape index (κ1) is 17.1. The third-order valence-electron chi connectivity index (χ3n) is 3.06. The van der Waals surface area contributed by atoms with Gasteiger partial charge in [-0.15, -0.1) is 0 Å². The first-order chi connectivity index (χ1) is 10.7. The van der Waals surface area contributed by atoms with E-state index < -0.39 is 17.6 Å². The second kappa shape index (κ2) is 6.45. The Morgan fingerprint density at radius 1 is 1.26 bits per heavy atom. The van der Waals surface area contributed by atoms with E-state index in [4.69, 9.17) is 11.6 Å². The zero-order chi connectivity index (χ0) is 17.2. The van der Waals surface area contributed by atoms with Crippen LogP contribution in [0.3, 0.4) is 0 Å². The van der Waals surface area contributed by atoms with E-state index in [1.807, 2.05) is 0 Å². The molecule has 1 amide bonds. The molecule has 0 atom stereocenters. The van der Waals surface area contributed by atoms with Crippen molar-refractivity contribution >= 4 is 28.9 Å². The number of nitrogens with one attached hydrogen (secondary N) is 1. The number of pyridine rings is 1. The van der Waals surface area contributed by atoms with Crippen LogP contribution in [0.25, 0.3) is 0 Å². The number of nitrogens with zero attached hydrogens (tertiary/aromatic N) is 2. The van der Waals surface area contributed by atoms with Gasteiger partial charge in [-0.25, -0.2) is 4.98 Å². The van der Waals surface area contributed by atoms with Crippen molar-refractivity contribution < 1.29 is 18.0 Å². The Morgan fingerprint density at radius 3 is 2.52 bits per heavy atom. The number of carbonyl (C=O) groups is 1. The molecule has 0 radical (unpaired) electrons. The number of benzene rings is 1. The van der Waals surface area contributed by atoms with Crippen LogP contribution in [0.1, 0.15) is 15.9 Å². The Hall–Kier alpha value is -2.28. The summed E-state index contributed by atoms with van der Waals surface area (Å²) in [6, 6.07) is 6.09. The molecule has 0 spiro atoms. The molecule has 0 aliphatic heterocycles. The smallest absolute Gasteiger partial charge is 0.376 e. The first-order valence-electron chi connectivity index (χ1n) is 6.50. The van der Waals surface area contributed by atoms with Crippen molar-refractivity contribution in [2.24, 2.45) is 0 Å². The summed E-state index contributed by atoms with van der Waals surface area (Å²) in [5.74, 6) is -0.634. The summed E-state index contributed by atoms with van der Waals surface area (Å²) in [5, 5.41) is 2.43. The Morgan fingerprint density at radius 2 is 1.96 bits per heavy atom. The van der Waals surface area contributed by atoms with Crippen molar-refractivity contribution in [3.63, 3.8) is 0 Å². The molecule has 1 N–H and O–H groups in total. The summed E-state index contributed by atoms with van der Waals surface area (Å²) in [7, 11) is 3.32. The number of hydrogen-bond acceptors (Lipinski definition) is 3. The molecule has 0 fully saturated rings. The van der Waals surface area contributed by atoms with Crippen LogP contribution < -0.4 is 10.2 Å². The monoisotopic (exact) mass is 343 g/mol. The number of rotatable bonds is 3. The summed E-state index contributed by atoms with van der Waals surface area (Å²) < 4.78 is 38.6. The van der Waals surface area contributed by atoms with Crippen LogP contribution in [0, 0.1) is 0 Å². The van der Waals surface area contributed by atoms with Crippen LogP contribution in [-0.2, 0) is 6.18 Å². The molecular weight excluding hydrogens is 331 g/mol. The molecule has 8 heteroatoms. The fraction of sp³-hybridized carbons (Fsp3) is 0.200. The summed E-state index contributed by atoms with van der Waals surface area (Å²) >= 11 is 5.83. The molecule has 1 aromatic heterocycles. The van der Waals surface area contributed by atoms with E-state index >= 15 is 0 Å². The van der Waals surface area contributed by atoms with Gasteiger partial charge in [0, 0.05) is 20.3 Å². The molecule has 0 bridgehead atoms. The summed E-state index contributed by atoms with van der Waals surface area (Å²) in [6.07, 6.45) is -3.09. The maximum atomic E-state index is 12.9. The van der Waals surface area contributed by atoms with Crippen LogP contribution in [0.5, 0.6) is 0 Å². The number of halogens is 4. The van der Waals surface area contributed by atoms with Crippen LogP contribution >= 0.6 is 11.6 Å². The second-order valence-electron chi connectivity index (χ2n) is 4.92. The van der Waals surface area contributed by atoms with Gasteiger partial charge in [-0.3, -0.25) is 4.79 Å². The lowest BCUT2D eigenvalue weighted by Crippen LogP contribution is -2.18. The van der Waals surface area contributed by atoms with Crippen LogP contribution in [0.2, 0.25) is 5.15 Å². The highest BCUT2D eigenvalue weighted by molar-refractivity contribution is 6.33. The standard InChI is InChI=1S/C15H13ClF3N3O/c1-22(2)12-6-5-9(15(17,18)19)8-11(12)21-14(23)10-4-3-7-20-13(10)16/h3-8H,1-2H3,(H,21,23). The largest absolute Gasteiger partial charge is 0.416 e. The highest BCUT2D eigenvalue weighted by atomic mass is 35.5. The highest BCUT2D eigenvalue weighted by Crippen LogP contribution is 2.35. The van der Waals surface area contributed by atoms with E-state index in [1.54, 1.807) is 19.0 Å². The average Bonchev–Trinajstić information content (AvgIpc) is 2.46. The van der Waals surface area contributed by atoms with Gasteiger partial charge in [-0.1, -0.05) is 11.6 Å². The summed E-state index contributed by atoms with van der Waals surface area (Å²) in [5.41, 5.74) is -0.298. The zero-order valence-corrected chi connectivity index (χ0v) is 13.0.